The second-order valence-electron chi connectivity index (χ2n) is 5.82. The van der Waals surface area contributed by atoms with Gasteiger partial charge in [0.25, 0.3) is 0 Å². The molecule has 0 aliphatic carbocycles. The van der Waals surface area contributed by atoms with Crippen LogP contribution in [-0.4, -0.2) is 41.0 Å². The predicted octanol–water partition coefficient (Wildman–Crippen LogP) is 3.69. The maximum absolute atomic E-state index is 11.1. The Bertz CT molecular complexity index is 866. The molecule has 2 aromatic rings. The Kier molecular flexibility index (Phi) is 6.31. The molecule has 0 saturated carbocycles. The molecule has 0 radical (unpaired) electrons. The molecule has 0 spiro atoms. The number of nitrogens with two attached hydrogens (primary N) is 1. The third kappa shape index (κ3) is 4.57. The molecule has 2 rings (SSSR count). The number of carbonyl (C=O) groups is 1. The van der Waals surface area contributed by atoms with E-state index in [1.165, 1.54) is 12.1 Å². The molecule has 0 aliphatic rings. The summed E-state index contributed by atoms with van der Waals surface area (Å²) in [7, 11) is 3.75. The fourth-order valence-corrected chi connectivity index (χ4v) is 2.64. The lowest BCUT2D eigenvalue weighted by molar-refractivity contribution is 0.202. The molecule has 136 valence electrons. The lowest BCUT2D eigenvalue weighted by Crippen LogP contribution is -2.36. The molecule has 6 nitrogen and oxygen atoms in total. The Labute approximate surface area is 162 Å². The minimum atomic E-state index is -1.33. The van der Waals surface area contributed by atoms with E-state index in [4.69, 9.17) is 34.8 Å². The van der Waals surface area contributed by atoms with E-state index in [2.05, 4.69) is 4.99 Å². The van der Waals surface area contributed by atoms with Crippen LogP contribution in [0.25, 0.3) is 0 Å². The molecular weight excluding hydrogens is 372 g/mol. The molecule has 0 unspecified atom stereocenters. The minimum absolute atomic E-state index is 0.135. The van der Waals surface area contributed by atoms with Gasteiger partial charge in [0.2, 0.25) is 0 Å². The molecule has 3 N–H and O–H groups in total. The first-order valence-electron chi connectivity index (χ1n) is 7.65. The number of amidine groups is 1. The first kappa shape index (κ1) is 19.8. The summed E-state index contributed by atoms with van der Waals surface area (Å²) < 4.78 is 0. The van der Waals surface area contributed by atoms with Crippen molar-refractivity contribution in [2.45, 2.75) is 6.92 Å². The lowest BCUT2D eigenvalue weighted by atomic mass is 10.1. The summed E-state index contributed by atoms with van der Waals surface area (Å²) in [6, 6.07) is 12.7. The molecule has 26 heavy (non-hydrogen) atoms. The van der Waals surface area contributed by atoms with E-state index in [0.717, 1.165) is 11.1 Å². The summed E-state index contributed by atoms with van der Waals surface area (Å²) in [4.78, 5) is 17.8. The van der Waals surface area contributed by atoms with Crippen molar-refractivity contribution in [3.8, 4) is 0 Å². The molecule has 2 aromatic carbocycles. The van der Waals surface area contributed by atoms with Gasteiger partial charge in [-0.1, -0.05) is 59.7 Å². The molecular formula is C18H19ClN4O2S. The second-order valence-corrected chi connectivity index (χ2v) is 6.61. The highest BCUT2D eigenvalue weighted by molar-refractivity contribution is 7.80. The van der Waals surface area contributed by atoms with Gasteiger partial charge in [-0.05, 0) is 19.1 Å². The highest BCUT2D eigenvalue weighted by atomic mass is 35.5. The SMILES string of the molecule is Cc1ccc(C(=NC(=S)c2ccc(Cl)c(N(N)C(=O)O)c2)N(C)C)cc1. The van der Waals surface area contributed by atoms with Gasteiger partial charge in [-0.2, -0.15) is 0 Å². The van der Waals surface area contributed by atoms with Crippen molar-refractivity contribution < 1.29 is 9.90 Å². The summed E-state index contributed by atoms with van der Waals surface area (Å²) >= 11 is 11.5. The molecule has 0 aliphatic heterocycles. The average molecular weight is 391 g/mol. The van der Waals surface area contributed by atoms with Crippen molar-refractivity contribution in [1.82, 2.24) is 4.90 Å². The standard InChI is InChI=1S/C18H19ClN4O2S/c1-11-4-6-12(7-5-11)16(22(2)3)21-17(26)13-8-9-14(19)15(10-13)23(20)18(24)25/h4-10H,20H2,1-3H3,(H,24,25). The summed E-state index contributed by atoms with van der Waals surface area (Å²) in [6.45, 7) is 2.01. The number of anilines is 1. The van der Waals surface area contributed by atoms with Gasteiger partial charge in [0, 0.05) is 25.2 Å². The smallest absolute Gasteiger partial charge is 0.426 e. The van der Waals surface area contributed by atoms with Crippen LogP contribution in [0.1, 0.15) is 16.7 Å². The number of aliphatic imine (C=N–C) groups is 1. The van der Waals surface area contributed by atoms with E-state index in [-0.39, 0.29) is 10.7 Å². The summed E-state index contributed by atoms with van der Waals surface area (Å²) in [5.41, 5.74) is 2.75. The fourth-order valence-electron chi connectivity index (χ4n) is 2.22. The van der Waals surface area contributed by atoms with Crippen molar-refractivity contribution in [1.29, 1.82) is 0 Å². The van der Waals surface area contributed by atoms with Gasteiger partial charge >= 0.3 is 6.09 Å². The maximum atomic E-state index is 11.1. The van der Waals surface area contributed by atoms with E-state index in [9.17, 15) is 4.79 Å². The number of hydrogen-bond acceptors (Lipinski definition) is 3. The van der Waals surface area contributed by atoms with Crippen LogP contribution < -0.4 is 10.9 Å². The quantitative estimate of drug-likeness (QED) is 0.208. The number of rotatable bonds is 3. The molecule has 0 fully saturated rings. The van der Waals surface area contributed by atoms with E-state index < -0.39 is 6.09 Å². The van der Waals surface area contributed by atoms with Gasteiger partial charge in [0.05, 0.1) is 10.7 Å². The van der Waals surface area contributed by atoms with E-state index in [1.807, 2.05) is 50.2 Å². The van der Waals surface area contributed by atoms with E-state index >= 15 is 0 Å². The highest BCUT2D eigenvalue weighted by Gasteiger charge is 2.16. The van der Waals surface area contributed by atoms with Crippen LogP contribution in [0, 0.1) is 6.92 Å². The monoisotopic (exact) mass is 390 g/mol. The van der Waals surface area contributed by atoms with Crippen LogP contribution in [0.2, 0.25) is 5.02 Å². The van der Waals surface area contributed by atoms with Crippen molar-refractivity contribution in [3.63, 3.8) is 0 Å². The average Bonchev–Trinajstić information content (AvgIpc) is 2.59. The minimum Gasteiger partial charge on any atom is -0.464 e. The normalized spacial score (nSPS) is 11.2. The molecule has 0 atom stereocenters. The first-order chi connectivity index (χ1) is 12.2. The Balaban J connectivity index is 2.43. The Morgan fingerprint density at radius 3 is 2.27 bits per heavy atom. The summed E-state index contributed by atoms with van der Waals surface area (Å²) in [5.74, 6) is 6.21. The van der Waals surface area contributed by atoms with Gasteiger partial charge in [-0.3, -0.25) is 0 Å². The molecule has 0 heterocycles. The van der Waals surface area contributed by atoms with Gasteiger partial charge in [-0.15, -0.1) is 0 Å². The third-order valence-corrected chi connectivity index (χ3v) is 4.25. The summed E-state index contributed by atoms with van der Waals surface area (Å²) in [6.07, 6.45) is -1.33. The third-order valence-electron chi connectivity index (χ3n) is 3.60. The molecule has 0 saturated heterocycles. The van der Waals surface area contributed by atoms with Crippen molar-refractivity contribution in [2.24, 2.45) is 10.8 Å². The second kappa shape index (κ2) is 8.27. The highest BCUT2D eigenvalue weighted by Crippen LogP contribution is 2.26. The topological polar surface area (TPSA) is 82.2 Å². The number of hydrazine groups is 1. The zero-order valence-corrected chi connectivity index (χ0v) is 16.2. The van der Waals surface area contributed by atoms with Crippen LogP contribution in [-0.2, 0) is 0 Å². The van der Waals surface area contributed by atoms with Crippen LogP contribution in [0.3, 0.4) is 0 Å². The maximum Gasteiger partial charge on any atom is 0.426 e. The summed E-state index contributed by atoms with van der Waals surface area (Å²) in [5, 5.41) is 9.81. The number of thiocarbonyl (C=S) groups is 1. The fraction of sp³-hybridized carbons (Fsp3) is 0.167. The Morgan fingerprint density at radius 1 is 1.15 bits per heavy atom. The number of nitrogens with zero attached hydrogens (tertiary/aromatic N) is 3. The van der Waals surface area contributed by atoms with Crippen LogP contribution >= 0.6 is 23.8 Å². The van der Waals surface area contributed by atoms with Gasteiger partial charge in [0.15, 0.2) is 0 Å². The number of aryl methyl sites for hydroxylation is 1. The molecule has 8 heteroatoms. The van der Waals surface area contributed by atoms with Crippen LogP contribution in [0.5, 0.6) is 0 Å². The first-order valence-corrected chi connectivity index (χ1v) is 8.44. The molecule has 0 aromatic heterocycles. The number of hydrogen-bond donors (Lipinski definition) is 2. The number of carboxylic acid groups (broad SMARTS) is 1. The van der Waals surface area contributed by atoms with E-state index in [0.29, 0.717) is 21.4 Å². The van der Waals surface area contributed by atoms with Crippen LogP contribution in [0.4, 0.5) is 10.5 Å². The van der Waals surface area contributed by atoms with Crippen molar-refractivity contribution in [3.05, 3.63) is 64.2 Å². The molecule has 1 amide bonds. The van der Waals surface area contributed by atoms with Crippen molar-refractivity contribution >= 4 is 46.4 Å². The van der Waals surface area contributed by atoms with E-state index in [1.54, 1.807) is 6.07 Å². The zero-order valence-electron chi connectivity index (χ0n) is 14.6. The Hall–Kier alpha value is -2.48. The van der Waals surface area contributed by atoms with Gasteiger partial charge < -0.3 is 10.0 Å². The zero-order chi connectivity index (χ0) is 19.4. The van der Waals surface area contributed by atoms with Crippen molar-refractivity contribution in [2.75, 3.05) is 19.1 Å². The lowest BCUT2D eigenvalue weighted by Gasteiger charge is -2.18. The number of benzene rings is 2. The van der Waals surface area contributed by atoms with Gasteiger partial charge in [-0.25, -0.2) is 20.6 Å². The number of amides is 1. The largest absolute Gasteiger partial charge is 0.464 e. The van der Waals surface area contributed by atoms with Gasteiger partial charge in [0.1, 0.15) is 10.8 Å². The Morgan fingerprint density at radius 2 is 1.73 bits per heavy atom. The number of halogens is 1. The van der Waals surface area contributed by atoms with Crippen LogP contribution in [0.15, 0.2) is 47.5 Å². The predicted molar refractivity (Wildman–Crippen MR) is 109 cm³/mol. The molecule has 0 bridgehead atoms.